The predicted octanol–water partition coefficient (Wildman–Crippen LogP) is 1.85. The second kappa shape index (κ2) is 6.80. The number of hydrogen-bond donors (Lipinski definition) is 2. The number of piperidine rings is 1. The average molecular weight is 302 g/mol. The highest BCUT2D eigenvalue weighted by atomic mass is 16.5. The van der Waals surface area contributed by atoms with Gasteiger partial charge in [-0.15, -0.1) is 0 Å². The number of methoxy groups -OCH3 is 1. The fourth-order valence-corrected chi connectivity index (χ4v) is 3.86. The van der Waals surface area contributed by atoms with E-state index in [0.29, 0.717) is 0 Å². The average Bonchev–Trinajstić information content (AvgIpc) is 2.98. The molecular formula is C18H26N2O2. The van der Waals surface area contributed by atoms with Gasteiger partial charge in [-0.2, -0.15) is 0 Å². The summed E-state index contributed by atoms with van der Waals surface area (Å²) in [5, 5.41) is 6.60. The van der Waals surface area contributed by atoms with Gasteiger partial charge in [0, 0.05) is 19.1 Å². The third-order valence-corrected chi connectivity index (χ3v) is 5.20. The van der Waals surface area contributed by atoms with Gasteiger partial charge in [-0.1, -0.05) is 24.3 Å². The molecule has 0 radical (unpaired) electrons. The highest BCUT2D eigenvalue weighted by molar-refractivity contribution is 5.84. The topological polar surface area (TPSA) is 50.4 Å². The van der Waals surface area contributed by atoms with Gasteiger partial charge in [0.2, 0.25) is 5.91 Å². The summed E-state index contributed by atoms with van der Waals surface area (Å²) in [6, 6.07) is 8.33. The van der Waals surface area contributed by atoms with Crippen LogP contribution >= 0.6 is 0 Å². The minimum Gasteiger partial charge on any atom is -0.384 e. The molecule has 1 aromatic rings. The standard InChI is InChI=1S/C18H26N2O2/c1-22-13-18(8-10-19-11-9-18)12-20-17(21)16-7-6-14-4-2-3-5-15(14)16/h2-5,16,19H,6-13H2,1H3,(H,20,21). The van der Waals surface area contributed by atoms with Crippen molar-refractivity contribution in [2.75, 3.05) is 33.4 Å². The molecule has 3 rings (SSSR count). The van der Waals surface area contributed by atoms with E-state index < -0.39 is 0 Å². The Kier molecular flexibility index (Phi) is 4.79. The highest BCUT2D eigenvalue weighted by Gasteiger charge is 2.34. The Labute approximate surface area is 132 Å². The van der Waals surface area contributed by atoms with Gasteiger partial charge in [-0.3, -0.25) is 4.79 Å². The molecule has 1 amide bonds. The molecule has 1 atom stereocenters. The van der Waals surface area contributed by atoms with Gasteiger partial charge in [0.1, 0.15) is 0 Å². The lowest BCUT2D eigenvalue weighted by Crippen LogP contribution is -2.47. The van der Waals surface area contributed by atoms with E-state index in [9.17, 15) is 4.79 Å². The summed E-state index contributed by atoms with van der Waals surface area (Å²) < 4.78 is 5.42. The van der Waals surface area contributed by atoms with Gasteiger partial charge >= 0.3 is 0 Å². The molecule has 0 saturated carbocycles. The van der Waals surface area contributed by atoms with Gasteiger partial charge in [0.15, 0.2) is 0 Å². The molecule has 4 nitrogen and oxygen atoms in total. The highest BCUT2D eigenvalue weighted by Crippen LogP contribution is 2.34. The van der Waals surface area contributed by atoms with Crippen LogP contribution in [0, 0.1) is 5.41 Å². The second-order valence-corrected chi connectivity index (χ2v) is 6.69. The van der Waals surface area contributed by atoms with Crippen molar-refractivity contribution in [3.8, 4) is 0 Å². The van der Waals surface area contributed by atoms with E-state index in [1.807, 2.05) is 6.07 Å². The molecule has 1 heterocycles. The van der Waals surface area contributed by atoms with E-state index in [4.69, 9.17) is 4.74 Å². The normalized spacial score (nSPS) is 23.0. The fraction of sp³-hybridized carbons (Fsp3) is 0.611. The van der Waals surface area contributed by atoms with Crippen molar-refractivity contribution in [3.63, 3.8) is 0 Å². The van der Waals surface area contributed by atoms with Gasteiger partial charge in [0.05, 0.1) is 12.5 Å². The molecule has 2 N–H and O–H groups in total. The van der Waals surface area contributed by atoms with Crippen LogP contribution in [0.2, 0.25) is 0 Å². The first-order valence-electron chi connectivity index (χ1n) is 8.29. The van der Waals surface area contributed by atoms with Crippen LogP contribution in [-0.2, 0) is 16.0 Å². The van der Waals surface area contributed by atoms with Crippen molar-refractivity contribution in [2.24, 2.45) is 5.41 Å². The van der Waals surface area contributed by atoms with Crippen molar-refractivity contribution in [2.45, 2.75) is 31.6 Å². The largest absolute Gasteiger partial charge is 0.384 e. The summed E-state index contributed by atoms with van der Waals surface area (Å²) in [5.74, 6) is 0.205. The van der Waals surface area contributed by atoms with Crippen LogP contribution in [0.3, 0.4) is 0 Å². The number of amides is 1. The van der Waals surface area contributed by atoms with Crippen LogP contribution in [0.25, 0.3) is 0 Å². The quantitative estimate of drug-likeness (QED) is 0.873. The molecule has 0 bridgehead atoms. The molecule has 0 aromatic heterocycles. The van der Waals surface area contributed by atoms with Gasteiger partial charge < -0.3 is 15.4 Å². The first-order valence-corrected chi connectivity index (χ1v) is 8.29. The maximum atomic E-state index is 12.6. The molecule has 1 aliphatic carbocycles. The first-order chi connectivity index (χ1) is 10.7. The predicted molar refractivity (Wildman–Crippen MR) is 86.9 cm³/mol. The molecule has 1 aromatic carbocycles. The van der Waals surface area contributed by atoms with Gasteiger partial charge in [0.25, 0.3) is 0 Å². The summed E-state index contributed by atoms with van der Waals surface area (Å²) in [5.41, 5.74) is 2.63. The van der Waals surface area contributed by atoms with E-state index >= 15 is 0 Å². The van der Waals surface area contributed by atoms with Crippen LogP contribution in [0.1, 0.15) is 36.3 Å². The van der Waals surface area contributed by atoms with Crippen molar-refractivity contribution in [3.05, 3.63) is 35.4 Å². The van der Waals surface area contributed by atoms with Gasteiger partial charge in [-0.25, -0.2) is 0 Å². The first kappa shape index (κ1) is 15.5. The Bertz CT molecular complexity index is 518. The lowest BCUT2D eigenvalue weighted by Gasteiger charge is -2.37. The van der Waals surface area contributed by atoms with Crippen molar-refractivity contribution >= 4 is 5.91 Å². The van der Waals surface area contributed by atoms with Gasteiger partial charge in [-0.05, 0) is 49.9 Å². The Morgan fingerprint density at radius 1 is 1.36 bits per heavy atom. The van der Waals surface area contributed by atoms with E-state index in [1.54, 1.807) is 7.11 Å². The number of nitrogens with one attached hydrogen (secondary N) is 2. The minimum absolute atomic E-state index is 0.0255. The number of ether oxygens (including phenoxy) is 1. The van der Waals surface area contributed by atoms with Crippen molar-refractivity contribution in [1.82, 2.24) is 10.6 Å². The van der Waals surface area contributed by atoms with E-state index in [0.717, 1.165) is 51.9 Å². The lowest BCUT2D eigenvalue weighted by molar-refractivity contribution is -0.123. The number of carbonyl (C=O) groups excluding carboxylic acids is 1. The summed E-state index contributed by atoms with van der Waals surface area (Å²) in [4.78, 5) is 12.6. The Hall–Kier alpha value is -1.39. The van der Waals surface area contributed by atoms with Crippen LogP contribution < -0.4 is 10.6 Å². The molecule has 120 valence electrons. The smallest absolute Gasteiger partial charge is 0.227 e. The van der Waals surface area contributed by atoms with Crippen LogP contribution in [0.5, 0.6) is 0 Å². The summed E-state index contributed by atoms with van der Waals surface area (Å²) in [6.07, 6.45) is 4.07. The number of fused-ring (bicyclic) bond motifs is 1. The molecule has 1 aliphatic heterocycles. The molecule has 22 heavy (non-hydrogen) atoms. The monoisotopic (exact) mass is 302 g/mol. The third-order valence-electron chi connectivity index (χ3n) is 5.20. The number of carbonyl (C=O) groups is 1. The summed E-state index contributed by atoms with van der Waals surface area (Å²) in [7, 11) is 1.75. The number of rotatable bonds is 5. The maximum absolute atomic E-state index is 12.6. The number of hydrogen-bond acceptors (Lipinski definition) is 3. The van der Waals surface area contributed by atoms with E-state index in [2.05, 4.69) is 28.8 Å². The Morgan fingerprint density at radius 3 is 2.91 bits per heavy atom. The lowest BCUT2D eigenvalue weighted by atomic mass is 9.79. The molecule has 4 heteroatoms. The molecule has 2 aliphatic rings. The Morgan fingerprint density at radius 2 is 2.14 bits per heavy atom. The number of aryl methyl sites for hydroxylation is 1. The second-order valence-electron chi connectivity index (χ2n) is 6.69. The Balaban J connectivity index is 1.62. The zero-order valence-electron chi connectivity index (χ0n) is 13.4. The zero-order chi connectivity index (χ0) is 15.4. The van der Waals surface area contributed by atoms with Crippen LogP contribution in [-0.4, -0.2) is 39.3 Å². The minimum atomic E-state index is 0.0255. The van der Waals surface area contributed by atoms with Crippen molar-refractivity contribution < 1.29 is 9.53 Å². The van der Waals surface area contributed by atoms with Crippen LogP contribution in [0.15, 0.2) is 24.3 Å². The SMILES string of the molecule is COCC1(CNC(=O)C2CCc3ccccc32)CCNCC1. The van der Waals surface area contributed by atoms with E-state index in [-0.39, 0.29) is 17.2 Å². The molecule has 1 fully saturated rings. The maximum Gasteiger partial charge on any atom is 0.227 e. The molecule has 1 saturated heterocycles. The summed E-state index contributed by atoms with van der Waals surface area (Å²) in [6.45, 7) is 3.45. The zero-order valence-corrected chi connectivity index (χ0v) is 13.4. The van der Waals surface area contributed by atoms with Crippen molar-refractivity contribution in [1.29, 1.82) is 0 Å². The third kappa shape index (κ3) is 3.18. The number of benzene rings is 1. The molecule has 1 unspecified atom stereocenters. The molecule has 0 spiro atoms. The van der Waals surface area contributed by atoms with Crippen LogP contribution in [0.4, 0.5) is 0 Å². The fourth-order valence-electron chi connectivity index (χ4n) is 3.86. The molecular weight excluding hydrogens is 276 g/mol. The van der Waals surface area contributed by atoms with E-state index in [1.165, 1.54) is 11.1 Å². The summed E-state index contributed by atoms with van der Waals surface area (Å²) >= 11 is 0.